The largest absolute Gasteiger partial charge is 0.492 e. The van der Waals surface area contributed by atoms with Crippen molar-refractivity contribution in [1.82, 2.24) is 15.1 Å². The number of aromatic nitrogens is 2. The molecule has 5 rings (SSSR count). The fourth-order valence-electron chi connectivity index (χ4n) is 5.69. The third kappa shape index (κ3) is 7.56. The molecule has 1 aromatic heterocycles. The van der Waals surface area contributed by atoms with Crippen molar-refractivity contribution in [2.75, 3.05) is 19.8 Å². The Hall–Kier alpha value is -3.34. The quantitative estimate of drug-likeness (QED) is 0.197. The second-order valence-corrected chi connectivity index (χ2v) is 13.8. The van der Waals surface area contributed by atoms with Crippen molar-refractivity contribution >= 4 is 29.7 Å². The minimum atomic E-state index is -0.543. The maximum absolute atomic E-state index is 11.9. The number of rotatable bonds is 9. The molecule has 2 fully saturated rings. The molecule has 10 heteroatoms. The molecular formula is C35H48BN3O6. The van der Waals surface area contributed by atoms with Crippen molar-refractivity contribution in [3.63, 3.8) is 0 Å². The number of amides is 1. The van der Waals surface area contributed by atoms with Crippen LogP contribution < -0.4 is 10.1 Å². The molecule has 1 N–H and O–H groups in total. The number of fused-ring (bicyclic) bond motifs is 1. The zero-order valence-electron chi connectivity index (χ0n) is 28.1. The van der Waals surface area contributed by atoms with Crippen LogP contribution in [0.5, 0.6) is 5.75 Å². The van der Waals surface area contributed by atoms with E-state index in [4.69, 9.17) is 28.6 Å². The Bertz CT molecular complexity index is 1500. The van der Waals surface area contributed by atoms with Crippen LogP contribution in [0.2, 0.25) is 0 Å². The first kappa shape index (κ1) is 33.0. The molecule has 0 saturated carbocycles. The molecule has 1 amide bonds. The van der Waals surface area contributed by atoms with Crippen molar-refractivity contribution in [1.29, 1.82) is 0 Å². The Morgan fingerprint density at radius 2 is 1.73 bits per heavy atom. The summed E-state index contributed by atoms with van der Waals surface area (Å²) in [6.07, 6.45) is 5.40. The van der Waals surface area contributed by atoms with Gasteiger partial charge in [0.25, 0.3) is 0 Å². The Balaban J connectivity index is 1.43. The topological polar surface area (TPSA) is 93.1 Å². The van der Waals surface area contributed by atoms with E-state index in [0.717, 1.165) is 65.4 Å². The van der Waals surface area contributed by atoms with Gasteiger partial charge in [0.1, 0.15) is 18.0 Å². The van der Waals surface area contributed by atoms with Gasteiger partial charge in [-0.15, -0.1) is 0 Å². The summed E-state index contributed by atoms with van der Waals surface area (Å²) in [7, 11) is -0.487. The SMILES string of the molecule is CC/C(B1OC(C)(C)C(C)(C)O1)=C(/c1ccc(OCCNC(=O)OC(C)(C)C)cc1)c1ccc2c(cnn2C2CCCCO2)c1. The van der Waals surface area contributed by atoms with Gasteiger partial charge in [0.2, 0.25) is 0 Å². The van der Waals surface area contributed by atoms with Gasteiger partial charge < -0.3 is 28.8 Å². The second-order valence-electron chi connectivity index (χ2n) is 13.8. The molecule has 2 saturated heterocycles. The number of benzene rings is 2. The second kappa shape index (κ2) is 13.2. The molecule has 45 heavy (non-hydrogen) atoms. The van der Waals surface area contributed by atoms with Gasteiger partial charge in [-0.05, 0) is 121 Å². The van der Waals surface area contributed by atoms with Gasteiger partial charge in [-0.2, -0.15) is 5.10 Å². The molecular weight excluding hydrogens is 569 g/mol. The summed E-state index contributed by atoms with van der Waals surface area (Å²) in [4.78, 5) is 11.9. The number of ether oxygens (including phenoxy) is 3. The summed E-state index contributed by atoms with van der Waals surface area (Å²) < 4.78 is 32.4. The fraction of sp³-hybridized carbons (Fsp3) is 0.543. The number of nitrogens with one attached hydrogen (secondary N) is 1. The van der Waals surface area contributed by atoms with E-state index < -0.39 is 30.0 Å². The number of hydrogen-bond donors (Lipinski definition) is 1. The lowest BCUT2D eigenvalue weighted by molar-refractivity contribution is -0.0366. The van der Waals surface area contributed by atoms with E-state index in [-0.39, 0.29) is 6.23 Å². The highest BCUT2D eigenvalue weighted by atomic mass is 16.7. The van der Waals surface area contributed by atoms with Crippen molar-refractivity contribution in [3.8, 4) is 5.75 Å². The number of carbonyl (C=O) groups is 1. The summed E-state index contributed by atoms with van der Waals surface area (Å²) in [5.74, 6) is 0.710. The van der Waals surface area contributed by atoms with Crippen LogP contribution in [0.25, 0.3) is 16.5 Å². The van der Waals surface area contributed by atoms with Crippen LogP contribution in [0, 0.1) is 0 Å². The van der Waals surface area contributed by atoms with E-state index in [2.05, 4.69) is 70.3 Å². The Morgan fingerprint density at radius 3 is 2.36 bits per heavy atom. The number of carbonyl (C=O) groups excluding carboxylic acids is 1. The summed E-state index contributed by atoms with van der Waals surface area (Å²) >= 11 is 0. The third-order valence-electron chi connectivity index (χ3n) is 8.73. The van der Waals surface area contributed by atoms with Gasteiger partial charge in [0.05, 0.1) is 29.5 Å². The molecule has 0 bridgehead atoms. The van der Waals surface area contributed by atoms with Crippen molar-refractivity contribution in [2.45, 2.75) is 104 Å². The molecule has 1 atom stereocenters. The fourth-order valence-corrected chi connectivity index (χ4v) is 5.69. The van der Waals surface area contributed by atoms with Gasteiger partial charge in [0.15, 0.2) is 6.23 Å². The Kier molecular flexibility index (Phi) is 9.68. The van der Waals surface area contributed by atoms with Crippen LogP contribution in [-0.4, -0.2) is 59.6 Å². The average Bonchev–Trinajstić information content (AvgIpc) is 3.50. The van der Waals surface area contributed by atoms with Gasteiger partial charge in [0, 0.05) is 12.0 Å². The molecule has 3 heterocycles. The highest BCUT2D eigenvalue weighted by Crippen LogP contribution is 2.42. The smallest absolute Gasteiger partial charge is 0.491 e. The molecule has 0 radical (unpaired) electrons. The third-order valence-corrected chi connectivity index (χ3v) is 8.73. The molecule has 242 valence electrons. The van der Waals surface area contributed by atoms with Gasteiger partial charge in [-0.1, -0.05) is 25.1 Å². The highest BCUT2D eigenvalue weighted by Gasteiger charge is 2.52. The van der Waals surface area contributed by atoms with E-state index in [0.29, 0.717) is 18.9 Å². The van der Waals surface area contributed by atoms with Crippen LogP contribution >= 0.6 is 0 Å². The highest BCUT2D eigenvalue weighted by molar-refractivity contribution is 6.56. The molecule has 2 aliphatic rings. The molecule has 1 unspecified atom stereocenters. The lowest BCUT2D eigenvalue weighted by Gasteiger charge is -2.32. The zero-order valence-corrected chi connectivity index (χ0v) is 28.1. The van der Waals surface area contributed by atoms with Crippen molar-refractivity contribution in [2.24, 2.45) is 0 Å². The van der Waals surface area contributed by atoms with E-state index in [1.807, 2.05) is 43.8 Å². The van der Waals surface area contributed by atoms with Crippen molar-refractivity contribution < 1.29 is 28.3 Å². The standard InChI is InChI=1S/C35H48BN3O6/c1-9-28(36-44-34(5,6)35(7,8)45-36)31(24-13-16-27(17-14-24)41-21-19-37-32(40)43-33(2,3)4)25-15-18-29-26(22-25)23-38-39(29)30-12-10-11-20-42-30/h13-18,22-23,30H,9-12,19-21H2,1-8H3,(H,37,40)/b31-28+. The van der Waals surface area contributed by atoms with E-state index in [1.54, 1.807) is 0 Å². The van der Waals surface area contributed by atoms with Crippen molar-refractivity contribution in [3.05, 3.63) is 65.3 Å². The molecule has 3 aromatic rings. The summed E-state index contributed by atoms with van der Waals surface area (Å²) in [6.45, 7) is 17.4. The number of alkyl carbamates (subject to hydrolysis) is 1. The summed E-state index contributed by atoms with van der Waals surface area (Å²) in [5.41, 5.74) is 3.83. The average molecular weight is 618 g/mol. The summed E-state index contributed by atoms with van der Waals surface area (Å²) in [6, 6.07) is 14.5. The van der Waals surface area contributed by atoms with E-state index >= 15 is 0 Å². The molecule has 0 spiro atoms. The molecule has 2 aromatic carbocycles. The normalized spacial score (nSPS) is 20.2. The first-order valence-corrected chi connectivity index (χ1v) is 16.2. The first-order chi connectivity index (χ1) is 21.3. The predicted molar refractivity (Wildman–Crippen MR) is 177 cm³/mol. The van der Waals surface area contributed by atoms with Gasteiger partial charge in [-0.3, -0.25) is 0 Å². The minimum absolute atomic E-state index is 0.0278. The van der Waals surface area contributed by atoms with Crippen LogP contribution in [0.1, 0.15) is 98.4 Å². The van der Waals surface area contributed by atoms with E-state index in [1.165, 1.54) is 0 Å². The molecule has 0 aliphatic carbocycles. The minimum Gasteiger partial charge on any atom is -0.492 e. The van der Waals surface area contributed by atoms with Gasteiger partial charge >= 0.3 is 13.2 Å². The van der Waals surface area contributed by atoms with Crippen LogP contribution in [0.3, 0.4) is 0 Å². The summed E-state index contributed by atoms with van der Waals surface area (Å²) in [5, 5.41) is 8.51. The first-order valence-electron chi connectivity index (χ1n) is 16.2. The number of nitrogens with zero attached hydrogens (tertiary/aromatic N) is 2. The van der Waals surface area contributed by atoms with Crippen LogP contribution in [0.4, 0.5) is 4.79 Å². The lowest BCUT2D eigenvalue weighted by atomic mass is 9.70. The maximum Gasteiger partial charge on any atom is 0.491 e. The number of hydrogen-bond acceptors (Lipinski definition) is 7. The lowest BCUT2D eigenvalue weighted by Crippen LogP contribution is -2.41. The van der Waals surface area contributed by atoms with Crippen LogP contribution in [-0.2, 0) is 18.8 Å². The van der Waals surface area contributed by atoms with Crippen LogP contribution in [0.15, 0.2) is 54.1 Å². The van der Waals surface area contributed by atoms with Gasteiger partial charge in [-0.25, -0.2) is 9.48 Å². The molecule has 9 nitrogen and oxygen atoms in total. The molecule has 2 aliphatic heterocycles. The maximum atomic E-state index is 11.9. The Morgan fingerprint density at radius 1 is 1.04 bits per heavy atom. The van der Waals surface area contributed by atoms with E-state index in [9.17, 15) is 4.79 Å². The number of allylic oxidation sites excluding steroid dienone is 1. The zero-order chi connectivity index (χ0) is 32.4. The predicted octanol–water partition coefficient (Wildman–Crippen LogP) is 7.48. The monoisotopic (exact) mass is 617 g/mol. The Labute approximate surface area is 267 Å².